The summed E-state index contributed by atoms with van der Waals surface area (Å²) >= 11 is 0. The summed E-state index contributed by atoms with van der Waals surface area (Å²) in [6.07, 6.45) is 1.58. The maximum Gasteiger partial charge on any atom is 0.357 e. The van der Waals surface area contributed by atoms with Crippen LogP contribution in [0.5, 0.6) is 0 Å². The van der Waals surface area contributed by atoms with E-state index in [0.29, 0.717) is 19.0 Å². The van der Waals surface area contributed by atoms with Crippen LogP contribution in [0.3, 0.4) is 0 Å². The van der Waals surface area contributed by atoms with Gasteiger partial charge in [-0.25, -0.2) is 9.78 Å². The molecule has 1 saturated heterocycles. The number of aromatic nitrogens is 1. The smallest absolute Gasteiger partial charge is 0.357 e. The molecule has 82 valence electrons. The molecule has 1 aromatic heterocycles. The number of nitrogens with zero attached hydrogens (tertiary/aromatic N) is 2. The van der Waals surface area contributed by atoms with E-state index in [1.165, 1.54) is 0 Å². The number of hydrogen-bond donors (Lipinski definition) is 2. The van der Waals surface area contributed by atoms with Crippen LogP contribution in [0.2, 0.25) is 0 Å². The number of likely N-dealkylation sites (tertiary alicyclic amines) is 1. The third kappa shape index (κ3) is 2.34. The van der Waals surface area contributed by atoms with Gasteiger partial charge in [0.2, 0.25) is 5.89 Å². The summed E-state index contributed by atoms with van der Waals surface area (Å²) < 4.78 is 5.01. The largest absolute Gasteiger partial charge is 0.476 e. The third-order valence-corrected chi connectivity index (χ3v) is 2.38. The second kappa shape index (κ2) is 4.00. The van der Waals surface area contributed by atoms with Crippen molar-refractivity contribution in [1.29, 1.82) is 0 Å². The van der Waals surface area contributed by atoms with E-state index in [0.717, 1.165) is 19.2 Å². The number of β-amino-alcohol motifs (C(OH)–C–C–N with tert-alkyl or cyclic N) is 1. The number of aliphatic hydroxyl groups excluding tert-OH is 1. The predicted molar refractivity (Wildman–Crippen MR) is 49.4 cm³/mol. The Morgan fingerprint density at radius 1 is 1.73 bits per heavy atom. The first kappa shape index (κ1) is 10.1. The lowest BCUT2D eigenvalue weighted by molar-refractivity contribution is 0.0690. The van der Waals surface area contributed by atoms with Crippen molar-refractivity contribution in [2.75, 3.05) is 13.1 Å². The van der Waals surface area contributed by atoms with Crippen LogP contribution in [-0.2, 0) is 6.54 Å². The van der Waals surface area contributed by atoms with Crippen molar-refractivity contribution in [2.45, 2.75) is 19.1 Å². The van der Waals surface area contributed by atoms with E-state index in [1.807, 2.05) is 4.90 Å². The highest BCUT2D eigenvalue weighted by atomic mass is 16.4. The highest BCUT2D eigenvalue weighted by molar-refractivity contribution is 5.84. The summed E-state index contributed by atoms with van der Waals surface area (Å²) in [5, 5.41) is 17.9. The summed E-state index contributed by atoms with van der Waals surface area (Å²) in [5.41, 5.74) is -0.0789. The predicted octanol–water partition coefficient (Wildman–Crippen LogP) is -0.0606. The van der Waals surface area contributed by atoms with Gasteiger partial charge in [0.05, 0.1) is 12.6 Å². The molecule has 0 saturated carbocycles. The van der Waals surface area contributed by atoms with Gasteiger partial charge in [0.1, 0.15) is 6.26 Å². The summed E-state index contributed by atoms with van der Waals surface area (Å²) in [7, 11) is 0. The summed E-state index contributed by atoms with van der Waals surface area (Å²) in [6, 6.07) is 0. The van der Waals surface area contributed by atoms with Gasteiger partial charge >= 0.3 is 5.97 Å². The number of rotatable bonds is 3. The average Bonchev–Trinajstić information content (AvgIpc) is 2.76. The van der Waals surface area contributed by atoms with Crippen molar-refractivity contribution in [2.24, 2.45) is 0 Å². The first-order valence-electron chi connectivity index (χ1n) is 4.73. The van der Waals surface area contributed by atoms with Crippen LogP contribution < -0.4 is 0 Å². The molecule has 1 atom stereocenters. The van der Waals surface area contributed by atoms with Gasteiger partial charge in [-0.2, -0.15) is 0 Å². The van der Waals surface area contributed by atoms with E-state index in [-0.39, 0.29) is 11.8 Å². The third-order valence-electron chi connectivity index (χ3n) is 2.38. The maximum atomic E-state index is 10.5. The molecule has 15 heavy (non-hydrogen) atoms. The highest BCUT2D eigenvalue weighted by Crippen LogP contribution is 2.13. The van der Waals surface area contributed by atoms with Crippen LogP contribution in [0.15, 0.2) is 10.7 Å². The lowest BCUT2D eigenvalue weighted by Crippen LogP contribution is -2.21. The number of carboxylic acid groups (broad SMARTS) is 1. The standard InChI is InChI=1S/C9H12N2O4/c12-6-1-2-11(3-6)4-8-10-7(5-15-8)9(13)14/h5-6,12H,1-4H2,(H,13,14)/t6-/m0/s1. The molecule has 0 bridgehead atoms. The Hall–Kier alpha value is -1.40. The number of aliphatic hydroxyl groups is 1. The van der Waals surface area contributed by atoms with Crippen LogP contribution in [0.4, 0.5) is 0 Å². The van der Waals surface area contributed by atoms with Gasteiger partial charge in [0, 0.05) is 13.1 Å². The number of carbonyl (C=O) groups is 1. The van der Waals surface area contributed by atoms with Crippen molar-refractivity contribution in [3.63, 3.8) is 0 Å². The van der Waals surface area contributed by atoms with Crippen LogP contribution in [0.25, 0.3) is 0 Å². The van der Waals surface area contributed by atoms with Gasteiger partial charge in [0.25, 0.3) is 0 Å². The zero-order valence-electron chi connectivity index (χ0n) is 8.09. The van der Waals surface area contributed by atoms with Crippen LogP contribution in [-0.4, -0.2) is 45.3 Å². The minimum Gasteiger partial charge on any atom is -0.476 e. The maximum absolute atomic E-state index is 10.5. The Morgan fingerprint density at radius 3 is 3.07 bits per heavy atom. The van der Waals surface area contributed by atoms with E-state index < -0.39 is 5.97 Å². The minimum absolute atomic E-state index is 0.0789. The van der Waals surface area contributed by atoms with Gasteiger partial charge in [-0.05, 0) is 6.42 Å². The molecule has 0 amide bonds. The summed E-state index contributed by atoms with van der Waals surface area (Å²) in [6.45, 7) is 1.82. The summed E-state index contributed by atoms with van der Waals surface area (Å²) in [5.74, 6) is -0.715. The summed E-state index contributed by atoms with van der Waals surface area (Å²) in [4.78, 5) is 16.3. The molecule has 0 aliphatic carbocycles. The average molecular weight is 212 g/mol. The lowest BCUT2D eigenvalue weighted by Gasteiger charge is -2.11. The van der Waals surface area contributed by atoms with Gasteiger partial charge in [-0.1, -0.05) is 0 Å². The number of hydrogen-bond acceptors (Lipinski definition) is 5. The molecule has 2 N–H and O–H groups in total. The second-order valence-corrected chi connectivity index (χ2v) is 3.61. The molecule has 0 aromatic carbocycles. The highest BCUT2D eigenvalue weighted by Gasteiger charge is 2.22. The van der Waals surface area contributed by atoms with Gasteiger partial charge in [0.15, 0.2) is 5.69 Å². The Bertz CT molecular complexity index is 363. The number of carboxylic acids is 1. The molecule has 2 rings (SSSR count). The van der Waals surface area contributed by atoms with E-state index >= 15 is 0 Å². The van der Waals surface area contributed by atoms with Crippen molar-refractivity contribution < 1.29 is 19.4 Å². The molecule has 2 heterocycles. The monoisotopic (exact) mass is 212 g/mol. The van der Waals surface area contributed by atoms with E-state index in [1.54, 1.807) is 0 Å². The van der Waals surface area contributed by atoms with E-state index in [2.05, 4.69) is 4.98 Å². The molecular formula is C9H12N2O4. The van der Waals surface area contributed by atoms with E-state index in [4.69, 9.17) is 9.52 Å². The topological polar surface area (TPSA) is 86.8 Å². The Morgan fingerprint density at radius 2 is 2.53 bits per heavy atom. The van der Waals surface area contributed by atoms with Crippen LogP contribution >= 0.6 is 0 Å². The Kier molecular flexibility index (Phi) is 2.70. The van der Waals surface area contributed by atoms with Crippen molar-refractivity contribution >= 4 is 5.97 Å². The molecular weight excluding hydrogens is 200 g/mol. The fraction of sp³-hybridized carbons (Fsp3) is 0.556. The minimum atomic E-state index is -1.09. The van der Waals surface area contributed by atoms with Gasteiger partial charge < -0.3 is 14.6 Å². The first-order valence-corrected chi connectivity index (χ1v) is 4.73. The van der Waals surface area contributed by atoms with Crippen molar-refractivity contribution in [3.05, 3.63) is 17.8 Å². The van der Waals surface area contributed by atoms with Crippen LogP contribution in [0, 0.1) is 0 Å². The SMILES string of the molecule is O=C(O)c1coc(CN2CC[C@H](O)C2)n1. The molecule has 0 radical (unpaired) electrons. The van der Waals surface area contributed by atoms with E-state index in [9.17, 15) is 9.90 Å². The molecule has 6 heteroatoms. The number of oxazole rings is 1. The Balaban J connectivity index is 1.96. The molecule has 0 unspecified atom stereocenters. The molecule has 0 spiro atoms. The molecule has 1 aromatic rings. The quantitative estimate of drug-likeness (QED) is 0.729. The number of aromatic carboxylic acids is 1. The fourth-order valence-corrected chi connectivity index (χ4v) is 1.63. The van der Waals surface area contributed by atoms with Gasteiger partial charge in [-0.15, -0.1) is 0 Å². The van der Waals surface area contributed by atoms with Gasteiger partial charge in [-0.3, -0.25) is 4.90 Å². The first-order chi connectivity index (χ1) is 7.15. The fourth-order valence-electron chi connectivity index (χ4n) is 1.63. The lowest BCUT2D eigenvalue weighted by atomic mass is 10.3. The molecule has 1 fully saturated rings. The second-order valence-electron chi connectivity index (χ2n) is 3.61. The van der Waals surface area contributed by atoms with Crippen molar-refractivity contribution in [3.8, 4) is 0 Å². The molecule has 1 aliphatic rings. The van der Waals surface area contributed by atoms with Crippen LogP contribution in [0.1, 0.15) is 22.8 Å². The molecule has 1 aliphatic heterocycles. The zero-order chi connectivity index (χ0) is 10.8. The zero-order valence-corrected chi connectivity index (χ0v) is 8.09. The van der Waals surface area contributed by atoms with Crippen molar-refractivity contribution in [1.82, 2.24) is 9.88 Å². The molecule has 6 nitrogen and oxygen atoms in total. The Labute approximate surface area is 86.1 Å². The normalized spacial score (nSPS) is 22.1.